The van der Waals surface area contributed by atoms with Gasteiger partial charge in [-0.2, -0.15) is 0 Å². The number of ketones is 1. The van der Waals surface area contributed by atoms with Gasteiger partial charge in [0.2, 0.25) is 0 Å². The highest BCUT2D eigenvalue weighted by atomic mass is 16.5. The zero-order valence-corrected chi connectivity index (χ0v) is 8.03. The Balaban J connectivity index is 0.000000203. The van der Waals surface area contributed by atoms with Crippen molar-refractivity contribution in [2.24, 2.45) is 0 Å². The second-order valence-corrected chi connectivity index (χ2v) is 2.90. The molecule has 0 spiro atoms. The van der Waals surface area contributed by atoms with Crippen LogP contribution in [0.3, 0.4) is 0 Å². The van der Waals surface area contributed by atoms with Crippen LogP contribution in [-0.2, 0) is 9.53 Å². The van der Waals surface area contributed by atoms with Gasteiger partial charge < -0.3 is 4.74 Å². The second-order valence-electron chi connectivity index (χ2n) is 2.90. The van der Waals surface area contributed by atoms with Gasteiger partial charge in [0.15, 0.2) is 0 Å². The molecule has 1 fully saturated rings. The monoisotopic (exact) mass is 192 g/mol. The molecule has 14 heavy (non-hydrogen) atoms. The van der Waals surface area contributed by atoms with E-state index in [1.165, 1.54) is 7.11 Å². The first kappa shape index (κ1) is 10.4. The van der Waals surface area contributed by atoms with Gasteiger partial charge in [-0.25, -0.2) is 4.79 Å². The van der Waals surface area contributed by atoms with Gasteiger partial charge in [-0.1, -0.05) is 18.2 Å². The van der Waals surface area contributed by atoms with Crippen LogP contribution in [0.25, 0.3) is 0 Å². The number of esters is 1. The molecule has 3 nitrogen and oxygen atoms in total. The van der Waals surface area contributed by atoms with E-state index in [-0.39, 0.29) is 5.97 Å². The van der Waals surface area contributed by atoms with Crippen molar-refractivity contribution in [1.82, 2.24) is 0 Å². The smallest absolute Gasteiger partial charge is 0.337 e. The average Bonchev–Trinajstić information content (AvgIpc) is 3.02. The van der Waals surface area contributed by atoms with E-state index in [1.807, 2.05) is 6.07 Å². The molecule has 0 amide bonds. The Labute approximate surface area is 82.7 Å². The highest BCUT2D eigenvalue weighted by Gasteiger charge is 2.13. The van der Waals surface area contributed by atoms with E-state index < -0.39 is 0 Å². The second kappa shape index (κ2) is 5.17. The van der Waals surface area contributed by atoms with E-state index in [4.69, 9.17) is 0 Å². The summed E-state index contributed by atoms with van der Waals surface area (Å²) in [5, 5.41) is 0. The molecular formula is C11H12O3. The fourth-order valence-corrected chi connectivity index (χ4v) is 0.743. The van der Waals surface area contributed by atoms with Gasteiger partial charge in [0.05, 0.1) is 12.7 Å². The van der Waals surface area contributed by atoms with Gasteiger partial charge in [0, 0.05) is 12.8 Å². The Morgan fingerprint density at radius 3 is 2.07 bits per heavy atom. The van der Waals surface area contributed by atoms with E-state index >= 15 is 0 Å². The lowest BCUT2D eigenvalue weighted by Gasteiger charge is -1.95. The summed E-state index contributed by atoms with van der Waals surface area (Å²) < 4.78 is 4.50. The van der Waals surface area contributed by atoms with Crippen LogP contribution in [0.4, 0.5) is 0 Å². The fourth-order valence-electron chi connectivity index (χ4n) is 0.743. The van der Waals surface area contributed by atoms with Gasteiger partial charge in [-0.15, -0.1) is 0 Å². The maximum absolute atomic E-state index is 10.8. The summed E-state index contributed by atoms with van der Waals surface area (Å²) in [6.45, 7) is 0. The van der Waals surface area contributed by atoms with Crippen LogP contribution in [-0.4, -0.2) is 18.9 Å². The quantitative estimate of drug-likeness (QED) is 0.637. The van der Waals surface area contributed by atoms with Gasteiger partial charge in [0.1, 0.15) is 5.78 Å². The number of benzene rings is 1. The molecule has 0 N–H and O–H groups in total. The normalized spacial score (nSPS) is 12.5. The van der Waals surface area contributed by atoms with Crippen molar-refractivity contribution in [3.63, 3.8) is 0 Å². The number of carbonyl (C=O) groups is 2. The number of hydrogen-bond donors (Lipinski definition) is 0. The van der Waals surface area contributed by atoms with Crippen LogP contribution in [0.5, 0.6) is 0 Å². The first-order valence-electron chi connectivity index (χ1n) is 4.39. The molecule has 1 aromatic rings. The Bertz CT molecular complexity index is 311. The Hall–Kier alpha value is -1.64. The Morgan fingerprint density at radius 2 is 1.71 bits per heavy atom. The lowest BCUT2D eigenvalue weighted by atomic mass is 10.2. The standard InChI is InChI=1S/C8H8O2.C3H4O/c1-10-8(9)7-5-3-2-4-6-7;4-3-1-2-3/h2-6H,1H3;1-2H2. The minimum atomic E-state index is -0.291. The maximum atomic E-state index is 10.8. The number of Topliss-reactive ketones (excluding diaryl/α,β-unsaturated/α-hetero) is 1. The van der Waals surface area contributed by atoms with Crippen LogP contribution < -0.4 is 0 Å². The van der Waals surface area contributed by atoms with Gasteiger partial charge in [-0.05, 0) is 12.1 Å². The molecule has 0 radical (unpaired) electrons. The number of rotatable bonds is 1. The number of ether oxygens (including phenoxy) is 1. The highest BCUT2D eigenvalue weighted by Crippen LogP contribution is 2.08. The summed E-state index contributed by atoms with van der Waals surface area (Å²) in [5.41, 5.74) is 0.588. The van der Waals surface area contributed by atoms with Crippen LogP contribution in [0.1, 0.15) is 23.2 Å². The topological polar surface area (TPSA) is 43.4 Å². The lowest BCUT2D eigenvalue weighted by Crippen LogP contribution is -1.99. The van der Waals surface area contributed by atoms with E-state index in [0.29, 0.717) is 11.3 Å². The Morgan fingerprint density at radius 1 is 1.21 bits per heavy atom. The largest absolute Gasteiger partial charge is 0.465 e. The van der Waals surface area contributed by atoms with Crippen molar-refractivity contribution in [3.8, 4) is 0 Å². The predicted octanol–water partition coefficient (Wildman–Crippen LogP) is 1.82. The van der Waals surface area contributed by atoms with Crippen LogP contribution >= 0.6 is 0 Å². The first-order valence-corrected chi connectivity index (χ1v) is 4.39. The molecule has 0 heterocycles. The molecule has 0 aromatic heterocycles. The minimum absolute atomic E-state index is 0.291. The SMILES string of the molecule is COC(=O)c1ccccc1.O=C1CC1. The van der Waals surface area contributed by atoms with Crippen molar-refractivity contribution < 1.29 is 14.3 Å². The van der Waals surface area contributed by atoms with Crippen molar-refractivity contribution in [2.75, 3.05) is 7.11 Å². The van der Waals surface area contributed by atoms with E-state index in [9.17, 15) is 9.59 Å². The molecule has 2 rings (SSSR count). The summed E-state index contributed by atoms with van der Waals surface area (Å²) in [4.78, 5) is 20.3. The zero-order chi connectivity index (χ0) is 10.4. The molecular weight excluding hydrogens is 180 g/mol. The molecule has 0 aliphatic heterocycles. The summed E-state index contributed by atoms with van der Waals surface area (Å²) >= 11 is 0. The molecule has 1 aliphatic rings. The third-order valence-electron chi connectivity index (χ3n) is 1.65. The predicted molar refractivity (Wildman–Crippen MR) is 52.0 cm³/mol. The molecule has 74 valence electrons. The van der Waals surface area contributed by atoms with Crippen molar-refractivity contribution in [3.05, 3.63) is 35.9 Å². The summed E-state index contributed by atoms with van der Waals surface area (Å²) in [7, 11) is 1.37. The molecule has 0 unspecified atom stereocenters. The number of methoxy groups -OCH3 is 1. The molecule has 1 aliphatic carbocycles. The van der Waals surface area contributed by atoms with Gasteiger partial charge in [-0.3, -0.25) is 4.79 Å². The van der Waals surface area contributed by atoms with Gasteiger partial charge in [0.25, 0.3) is 0 Å². The molecule has 0 bridgehead atoms. The summed E-state index contributed by atoms with van der Waals surface area (Å²) in [6.07, 6.45) is 1.69. The fraction of sp³-hybridized carbons (Fsp3) is 0.273. The molecule has 3 heteroatoms. The van der Waals surface area contributed by atoms with Crippen molar-refractivity contribution in [2.45, 2.75) is 12.8 Å². The lowest BCUT2D eigenvalue weighted by molar-refractivity contribution is -0.109. The maximum Gasteiger partial charge on any atom is 0.337 e. The van der Waals surface area contributed by atoms with Crippen LogP contribution in [0.2, 0.25) is 0 Å². The van der Waals surface area contributed by atoms with Crippen LogP contribution in [0, 0.1) is 0 Å². The van der Waals surface area contributed by atoms with Gasteiger partial charge >= 0.3 is 5.97 Å². The summed E-state index contributed by atoms with van der Waals surface area (Å²) in [6, 6.07) is 8.88. The number of carbonyl (C=O) groups excluding carboxylic acids is 2. The third-order valence-corrected chi connectivity index (χ3v) is 1.65. The van der Waals surface area contributed by atoms with Crippen LogP contribution in [0.15, 0.2) is 30.3 Å². The van der Waals surface area contributed by atoms with E-state index in [2.05, 4.69) is 4.74 Å². The third kappa shape index (κ3) is 3.85. The van der Waals surface area contributed by atoms with Crippen molar-refractivity contribution >= 4 is 11.8 Å². The zero-order valence-electron chi connectivity index (χ0n) is 8.03. The Kier molecular flexibility index (Phi) is 3.85. The average molecular weight is 192 g/mol. The van der Waals surface area contributed by atoms with E-state index in [0.717, 1.165) is 12.8 Å². The summed E-state index contributed by atoms with van der Waals surface area (Å²) in [5.74, 6) is 0.126. The first-order chi connectivity index (χ1) is 6.74. The molecule has 1 saturated carbocycles. The number of hydrogen-bond acceptors (Lipinski definition) is 3. The minimum Gasteiger partial charge on any atom is -0.465 e. The molecule has 0 saturated heterocycles. The molecule has 0 atom stereocenters. The highest BCUT2D eigenvalue weighted by molar-refractivity contribution is 5.92. The molecule has 1 aromatic carbocycles. The van der Waals surface area contributed by atoms with E-state index in [1.54, 1.807) is 24.3 Å². The van der Waals surface area contributed by atoms with Crippen molar-refractivity contribution in [1.29, 1.82) is 0 Å².